The highest BCUT2D eigenvalue weighted by Crippen LogP contribution is 2.43. The molecule has 2 aliphatic heterocycles. The van der Waals surface area contributed by atoms with Gasteiger partial charge in [-0.25, -0.2) is 0 Å². The van der Waals surface area contributed by atoms with Crippen LogP contribution in [-0.2, 0) is 14.3 Å². The molecular weight excluding hydrogens is 242 g/mol. The molecule has 2 atom stereocenters. The average Bonchev–Trinajstić information content (AvgIpc) is 2.81. The van der Waals surface area contributed by atoms with Crippen LogP contribution in [0.2, 0.25) is 0 Å². The van der Waals surface area contributed by atoms with E-state index in [1.54, 1.807) is 0 Å². The summed E-state index contributed by atoms with van der Waals surface area (Å²) in [6.45, 7) is 10.2. The predicted molar refractivity (Wildman–Crippen MR) is 74.0 cm³/mol. The first-order valence-corrected chi connectivity index (χ1v) is 7.36. The summed E-state index contributed by atoms with van der Waals surface area (Å²) in [6.07, 6.45) is 4.71. The highest BCUT2D eigenvalue weighted by atomic mass is 16.5. The van der Waals surface area contributed by atoms with E-state index in [4.69, 9.17) is 9.47 Å². The van der Waals surface area contributed by atoms with E-state index < -0.39 is 0 Å². The van der Waals surface area contributed by atoms with Crippen molar-refractivity contribution in [1.29, 1.82) is 0 Å². The lowest BCUT2D eigenvalue weighted by Gasteiger charge is -2.37. The summed E-state index contributed by atoms with van der Waals surface area (Å²) in [4.78, 5) is 13.5. The molecule has 0 aliphatic carbocycles. The van der Waals surface area contributed by atoms with Crippen LogP contribution < -0.4 is 0 Å². The lowest BCUT2D eigenvalue weighted by atomic mass is 9.95. The zero-order valence-corrected chi connectivity index (χ0v) is 12.7. The largest absolute Gasteiger partial charge is 0.464 e. The number of carbonyl (C=O) groups is 1. The third kappa shape index (κ3) is 3.48. The molecule has 0 N–H and O–H groups in total. The van der Waals surface area contributed by atoms with Crippen LogP contribution in [0.25, 0.3) is 0 Å². The molecule has 0 aromatic rings. The Bertz CT molecular complexity index is 337. The summed E-state index contributed by atoms with van der Waals surface area (Å²) in [5.41, 5.74) is 0.106. The van der Waals surface area contributed by atoms with Gasteiger partial charge in [0.05, 0.1) is 12.2 Å². The summed E-state index contributed by atoms with van der Waals surface area (Å²) in [6, 6.07) is 0.384. The summed E-state index contributed by atoms with van der Waals surface area (Å²) >= 11 is 0. The fraction of sp³-hybridized carbons (Fsp3) is 0.933. The fourth-order valence-corrected chi connectivity index (χ4v) is 3.35. The third-order valence-corrected chi connectivity index (χ3v) is 4.29. The Labute approximate surface area is 116 Å². The number of rotatable bonds is 4. The number of nitrogens with zero attached hydrogens (tertiary/aromatic N) is 1. The van der Waals surface area contributed by atoms with Crippen LogP contribution in [0, 0.1) is 0 Å². The van der Waals surface area contributed by atoms with Crippen molar-refractivity contribution in [2.75, 3.05) is 19.8 Å². The van der Waals surface area contributed by atoms with Gasteiger partial charge in [-0.05, 0) is 53.0 Å². The Kier molecular flexibility index (Phi) is 4.21. The molecule has 0 radical (unpaired) electrons. The van der Waals surface area contributed by atoms with E-state index in [0.717, 1.165) is 26.0 Å². The monoisotopic (exact) mass is 269 g/mol. The van der Waals surface area contributed by atoms with Crippen LogP contribution in [0.1, 0.15) is 53.4 Å². The maximum absolute atomic E-state index is 11.0. The minimum absolute atomic E-state index is 0.0863. The van der Waals surface area contributed by atoms with E-state index in [1.165, 1.54) is 19.8 Å². The minimum atomic E-state index is -0.178. The van der Waals surface area contributed by atoms with Crippen LogP contribution in [-0.4, -0.2) is 47.8 Å². The van der Waals surface area contributed by atoms with Crippen molar-refractivity contribution in [2.45, 2.75) is 70.6 Å². The molecule has 2 aliphatic rings. The normalized spacial score (nSPS) is 31.5. The molecule has 0 unspecified atom stereocenters. The molecule has 4 heteroatoms. The molecule has 2 rings (SSSR count). The Balaban J connectivity index is 1.95. The molecule has 110 valence electrons. The topological polar surface area (TPSA) is 38.8 Å². The van der Waals surface area contributed by atoms with E-state index in [1.807, 2.05) is 0 Å². The van der Waals surface area contributed by atoms with Gasteiger partial charge in [-0.15, -0.1) is 0 Å². The first-order chi connectivity index (χ1) is 8.82. The van der Waals surface area contributed by atoms with Crippen molar-refractivity contribution < 1.29 is 14.3 Å². The second-order valence-electron chi connectivity index (χ2n) is 6.92. The van der Waals surface area contributed by atoms with Crippen molar-refractivity contribution in [2.24, 2.45) is 0 Å². The SMILES string of the molecule is CC(=O)OC[C@@H]1CC[C@@]2(COC(C)(C)C)CCCN12. The highest BCUT2D eigenvalue weighted by Gasteiger charge is 2.49. The Morgan fingerprint density at radius 1 is 1.37 bits per heavy atom. The third-order valence-electron chi connectivity index (χ3n) is 4.29. The molecule has 2 saturated heterocycles. The standard InChI is InChI=1S/C15H27NO3/c1-12(17)18-10-13-6-8-15(7-5-9-16(13)15)11-19-14(2,3)4/h13H,5-11H2,1-4H3/t13-,15+/m0/s1. The van der Waals surface area contributed by atoms with Gasteiger partial charge in [-0.3, -0.25) is 9.69 Å². The Morgan fingerprint density at radius 2 is 2.11 bits per heavy atom. The van der Waals surface area contributed by atoms with Crippen LogP contribution in [0.4, 0.5) is 0 Å². The van der Waals surface area contributed by atoms with Gasteiger partial charge in [0.15, 0.2) is 0 Å². The lowest BCUT2D eigenvalue weighted by Crippen LogP contribution is -2.48. The van der Waals surface area contributed by atoms with Crippen molar-refractivity contribution in [1.82, 2.24) is 4.90 Å². The van der Waals surface area contributed by atoms with Crippen LogP contribution in [0.5, 0.6) is 0 Å². The van der Waals surface area contributed by atoms with Gasteiger partial charge >= 0.3 is 5.97 Å². The Morgan fingerprint density at radius 3 is 2.74 bits per heavy atom. The van der Waals surface area contributed by atoms with E-state index in [0.29, 0.717) is 12.6 Å². The van der Waals surface area contributed by atoms with Gasteiger partial charge in [0.2, 0.25) is 0 Å². The van der Waals surface area contributed by atoms with E-state index in [-0.39, 0.29) is 17.1 Å². The number of hydrogen-bond acceptors (Lipinski definition) is 4. The molecule has 4 nitrogen and oxygen atoms in total. The van der Waals surface area contributed by atoms with Crippen LogP contribution >= 0.6 is 0 Å². The first-order valence-electron chi connectivity index (χ1n) is 7.36. The molecule has 0 aromatic carbocycles. The van der Waals surface area contributed by atoms with Crippen molar-refractivity contribution >= 4 is 5.97 Å². The number of fused-ring (bicyclic) bond motifs is 1. The maximum atomic E-state index is 11.0. The molecule has 0 bridgehead atoms. The summed E-state index contributed by atoms with van der Waals surface area (Å²) in [5, 5.41) is 0. The second kappa shape index (κ2) is 5.41. The fourth-order valence-electron chi connectivity index (χ4n) is 3.35. The van der Waals surface area contributed by atoms with E-state index in [9.17, 15) is 4.79 Å². The van der Waals surface area contributed by atoms with Crippen LogP contribution in [0.15, 0.2) is 0 Å². The summed E-state index contributed by atoms with van der Waals surface area (Å²) in [7, 11) is 0. The molecule has 0 spiro atoms. The molecule has 2 heterocycles. The molecular formula is C15H27NO3. The van der Waals surface area contributed by atoms with Gasteiger partial charge in [0.25, 0.3) is 0 Å². The second-order valence-corrected chi connectivity index (χ2v) is 6.92. The number of esters is 1. The van der Waals surface area contributed by atoms with Crippen molar-refractivity contribution in [3.05, 3.63) is 0 Å². The zero-order chi connectivity index (χ0) is 14.1. The highest BCUT2D eigenvalue weighted by molar-refractivity contribution is 5.65. The lowest BCUT2D eigenvalue weighted by molar-refractivity contribution is -0.143. The van der Waals surface area contributed by atoms with Gasteiger partial charge in [-0.2, -0.15) is 0 Å². The average molecular weight is 269 g/mol. The number of ether oxygens (including phenoxy) is 2. The maximum Gasteiger partial charge on any atom is 0.302 e. The van der Waals surface area contributed by atoms with Crippen molar-refractivity contribution in [3.63, 3.8) is 0 Å². The summed E-state index contributed by atoms with van der Waals surface area (Å²) < 4.78 is 11.2. The van der Waals surface area contributed by atoms with Crippen molar-refractivity contribution in [3.8, 4) is 0 Å². The van der Waals surface area contributed by atoms with Crippen LogP contribution in [0.3, 0.4) is 0 Å². The molecule has 0 amide bonds. The molecule has 0 aromatic heterocycles. The molecule has 19 heavy (non-hydrogen) atoms. The molecule has 2 fully saturated rings. The van der Waals surface area contributed by atoms with E-state index in [2.05, 4.69) is 25.7 Å². The Hall–Kier alpha value is -0.610. The minimum Gasteiger partial charge on any atom is -0.464 e. The molecule has 0 saturated carbocycles. The smallest absolute Gasteiger partial charge is 0.302 e. The van der Waals surface area contributed by atoms with Gasteiger partial charge in [0, 0.05) is 18.5 Å². The predicted octanol–water partition coefficient (Wildman–Crippen LogP) is 2.36. The van der Waals surface area contributed by atoms with Gasteiger partial charge in [-0.1, -0.05) is 0 Å². The first kappa shape index (κ1) is 14.8. The van der Waals surface area contributed by atoms with E-state index >= 15 is 0 Å². The summed E-state index contributed by atoms with van der Waals surface area (Å²) in [5.74, 6) is -0.178. The number of carbonyl (C=O) groups excluding carboxylic acids is 1. The quantitative estimate of drug-likeness (QED) is 0.734. The number of hydrogen-bond donors (Lipinski definition) is 0. The van der Waals surface area contributed by atoms with Gasteiger partial charge < -0.3 is 9.47 Å². The zero-order valence-electron chi connectivity index (χ0n) is 12.7. The van der Waals surface area contributed by atoms with Gasteiger partial charge in [0.1, 0.15) is 6.61 Å².